The third-order valence-corrected chi connectivity index (χ3v) is 2.62. The highest BCUT2D eigenvalue weighted by Crippen LogP contribution is 2.30. The van der Waals surface area contributed by atoms with E-state index in [1.807, 2.05) is 0 Å². The van der Waals surface area contributed by atoms with Crippen LogP contribution in [0.25, 0.3) is 0 Å². The summed E-state index contributed by atoms with van der Waals surface area (Å²) < 4.78 is 0. The minimum absolute atomic E-state index is 0.183. The monoisotopic (exact) mass is 126 g/mol. The van der Waals surface area contributed by atoms with Gasteiger partial charge in [0.2, 0.25) is 0 Å². The molecule has 0 aromatic rings. The molecule has 2 heteroatoms. The lowest BCUT2D eigenvalue weighted by molar-refractivity contribution is 0.352. The van der Waals surface area contributed by atoms with E-state index in [0.717, 1.165) is 12.6 Å². The highest BCUT2D eigenvalue weighted by Gasteiger charge is 2.38. The smallest absolute Gasteiger partial charge is 0.0295 e. The van der Waals surface area contributed by atoms with Crippen molar-refractivity contribution in [2.75, 3.05) is 6.54 Å². The van der Waals surface area contributed by atoms with Crippen LogP contribution >= 0.6 is 0 Å². The predicted molar refractivity (Wildman–Crippen MR) is 37.2 cm³/mol. The molecule has 0 spiro atoms. The Hall–Kier alpha value is -0.0800. The SMILES string of the molecule is NC12CCCC(C1)NC2. The lowest BCUT2D eigenvalue weighted by atomic mass is 9.84. The summed E-state index contributed by atoms with van der Waals surface area (Å²) in [6, 6.07) is 0.753. The molecular weight excluding hydrogens is 112 g/mol. The molecule has 2 fully saturated rings. The quantitative estimate of drug-likeness (QED) is 0.487. The van der Waals surface area contributed by atoms with Gasteiger partial charge >= 0.3 is 0 Å². The Morgan fingerprint density at radius 3 is 3.11 bits per heavy atom. The highest BCUT2D eigenvalue weighted by atomic mass is 15.0. The van der Waals surface area contributed by atoms with E-state index in [0.29, 0.717) is 0 Å². The van der Waals surface area contributed by atoms with Crippen molar-refractivity contribution in [2.45, 2.75) is 37.3 Å². The van der Waals surface area contributed by atoms with Gasteiger partial charge in [-0.3, -0.25) is 0 Å². The van der Waals surface area contributed by atoms with Crippen molar-refractivity contribution in [3.05, 3.63) is 0 Å². The number of hydrogen-bond acceptors (Lipinski definition) is 2. The van der Waals surface area contributed by atoms with Gasteiger partial charge in [-0.2, -0.15) is 0 Å². The second-order valence-electron chi connectivity index (χ2n) is 3.54. The number of nitrogens with two attached hydrogens (primary N) is 1. The van der Waals surface area contributed by atoms with Crippen molar-refractivity contribution in [1.82, 2.24) is 5.32 Å². The maximum Gasteiger partial charge on any atom is 0.0295 e. The fourth-order valence-electron chi connectivity index (χ4n) is 2.08. The van der Waals surface area contributed by atoms with Crippen LogP contribution in [0.5, 0.6) is 0 Å². The van der Waals surface area contributed by atoms with Crippen molar-refractivity contribution in [2.24, 2.45) is 5.73 Å². The molecule has 1 saturated heterocycles. The molecule has 0 aromatic carbocycles. The number of rotatable bonds is 0. The lowest BCUT2D eigenvalue weighted by Crippen LogP contribution is -2.42. The Morgan fingerprint density at radius 1 is 1.56 bits per heavy atom. The van der Waals surface area contributed by atoms with E-state index in [2.05, 4.69) is 5.32 Å². The van der Waals surface area contributed by atoms with Gasteiger partial charge in [-0.25, -0.2) is 0 Å². The third kappa shape index (κ3) is 0.864. The molecule has 2 rings (SSSR count). The molecule has 0 aromatic heterocycles. The zero-order chi connectivity index (χ0) is 6.32. The van der Waals surface area contributed by atoms with Gasteiger partial charge in [0.1, 0.15) is 0 Å². The van der Waals surface area contributed by atoms with Crippen LogP contribution in [0.15, 0.2) is 0 Å². The number of nitrogens with one attached hydrogen (secondary N) is 1. The van der Waals surface area contributed by atoms with E-state index in [1.54, 1.807) is 0 Å². The highest BCUT2D eigenvalue weighted by molar-refractivity contribution is 5.01. The van der Waals surface area contributed by atoms with Crippen molar-refractivity contribution >= 4 is 0 Å². The van der Waals surface area contributed by atoms with Gasteiger partial charge in [0.15, 0.2) is 0 Å². The Morgan fingerprint density at radius 2 is 2.44 bits per heavy atom. The molecule has 2 unspecified atom stereocenters. The first-order valence-electron chi connectivity index (χ1n) is 3.81. The minimum atomic E-state index is 0.183. The molecule has 52 valence electrons. The van der Waals surface area contributed by atoms with E-state index in [1.165, 1.54) is 25.7 Å². The van der Waals surface area contributed by atoms with Crippen LogP contribution in [0.2, 0.25) is 0 Å². The maximum atomic E-state index is 6.04. The average Bonchev–Trinajstić information content (AvgIpc) is 2.07. The molecule has 1 aliphatic carbocycles. The van der Waals surface area contributed by atoms with Crippen molar-refractivity contribution in [1.29, 1.82) is 0 Å². The predicted octanol–water partition coefficient (Wildman–Crippen LogP) is 0.230. The largest absolute Gasteiger partial charge is 0.324 e. The maximum absolute atomic E-state index is 6.04. The Kier molecular flexibility index (Phi) is 1.08. The lowest BCUT2D eigenvalue weighted by Gasteiger charge is -2.26. The molecule has 1 saturated carbocycles. The second-order valence-corrected chi connectivity index (χ2v) is 3.54. The normalized spacial score (nSPS) is 49.7. The number of hydrogen-bond donors (Lipinski definition) is 2. The fraction of sp³-hybridized carbons (Fsp3) is 1.00. The van der Waals surface area contributed by atoms with Crippen molar-refractivity contribution < 1.29 is 0 Å². The summed E-state index contributed by atoms with van der Waals surface area (Å²) in [5.74, 6) is 0. The third-order valence-electron chi connectivity index (χ3n) is 2.62. The van der Waals surface area contributed by atoms with E-state index >= 15 is 0 Å². The van der Waals surface area contributed by atoms with E-state index in [9.17, 15) is 0 Å². The zero-order valence-corrected chi connectivity index (χ0v) is 5.69. The fourth-order valence-corrected chi connectivity index (χ4v) is 2.08. The van der Waals surface area contributed by atoms with Gasteiger partial charge in [-0.05, 0) is 19.3 Å². The number of fused-ring (bicyclic) bond motifs is 2. The van der Waals surface area contributed by atoms with Crippen LogP contribution in [0.4, 0.5) is 0 Å². The molecule has 0 amide bonds. The summed E-state index contributed by atoms with van der Waals surface area (Å²) in [6.07, 6.45) is 5.12. The molecule has 9 heavy (non-hydrogen) atoms. The molecule has 2 atom stereocenters. The van der Waals surface area contributed by atoms with Crippen LogP contribution in [0.1, 0.15) is 25.7 Å². The molecule has 2 aliphatic rings. The first-order chi connectivity index (χ1) is 4.29. The first kappa shape index (κ1) is 5.69. The Labute approximate surface area is 55.8 Å². The van der Waals surface area contributed by atoms with Gasteiger partial charge < -0.3 is 11.1 Å². The molecule has 1 heterocycles. The summed E-state index contributed by atoms with van der Waals surface area (Å²) in [6.45, 7) is 1.05. The topological polar surface area (TPSA) is 38.0 Å². The van der Waals surface area contributed by atoms with Crippen LogP contribution in [-0.2, 0) is 0 Å². The zero-order valence-electron chi connectivity index (χ0n) is 5.69. The van der Waals surface area contributed by atoms with E-state index in [-0.39, 0.29) is 5.54 Å². The standard InChI is InChI=1S/C7H14N2/c8-7-3-1-2-6(4-7)9-5-7/h6,9H,1-5,8H2. The molecular formula is C7H14N2. The van der Waals surface area contributed by atoms with Crippen molar-refractivity contribution in [3.8, 4) is 0 Å². The van der Waals surface area contributed by atoms with Gasteiger partial charge in [0.05, 0.1) is 0 Å². The van der Waals surface area contributed by atoms with E-state index in [4.69, 9.17) is 5.73 Å². The van der Waals surface area contributed by atoms with Gasteiger partial charge in [0.25, 0.3) is 0 Å². The van der Waals surface area contributed by atoms with Gasteiger partial charge in [-0.15, -0.1) is 0 Å². The molecule has 3 N–H and O–H groups in total. The summed E-state index contributed by atoms with van der Waals surface area (Å²) in [4.78, 5) is 0. The summed E-state index contributed by atoms with van der Waals surface area (Å²) in [7, 11) is 0. The van der Waals surface area contributed by atoms with Crippen molar-refractivity contribution in [3.63, 3.8) is 0 Å². The minimum Gasteiger partial charge on any atom is -0.324 e. The average molecular weight is 126 g/mol. The van der Waals surface area contributed by atoms with Crippen LogP contribution in [0, 0.1) is 0 Å². The first-order valence-corrected chi connectivity index (χ1v) is 3.81. The van der Waals surface area contributed by atoms with E-state index < -0.39 is 0 Å². The Balaban J connectivity index is 2.13. The Bertz CT molecular complexity index is 120. The molecule has 2 nitrogen and oxygen atoms in total. The van der Waals surface area contributed by atoms with Crippen LogP contribution in [-0.4, -0.2) is 18.1 Å². The molecule has 1 aliphatic heterocycles. The summed E-state index contributed by atoms with van der Waals surface area (Å²) in [5.41, 5.74) is 6.22. The molecule has 2 bridgehead atoms. The van der Waals surface area contributed by atoms with Crippen LogP contribution < -0.4 is 11.1 Å². The summed E-state index contributed by atoms with van der Waals surface area (Å²) in [5, 5.41) is 3.43. The van der Waals surface area contributed by atoms with Gasteiger partial charge in [-0.1, -0.05) is 6.42 Å². The molecule has 0 radical (unpaired) electrons. The second kappa shape index (κ2) is 1.70. The van der Waals surface area contributed by atoms with Crippen LogP contribution in [0.3, 0.4) is 0 Å². The van der Waals surface area contributed by atoms with Gasteiger partial charge in [0, 0.05) is 18.1 Å². The summed E-state index contributed by atoms with van der Waals surface area (Å²) >= 11 is 0.